The maximum absolute atomic E-state index is 13.5. The lowest BCUT2D eigenvalue weighted by atomic mass is 10.1. The molecule has 0 saturated heterocycles. The Morgan fingerprint density at radius 2 is 1.74 bits per heavy atom. The van der Waals surface area contributed by atoms with Gasteiger partial charge in [0.2, 0.25) is 21.8 Å². The van der Waals surface area contributed by atoms with E-state index in [1.165, 1.54) is 25.2 Å². The lowest BCUT2D eigenvalue weighted by molar-refractivity contribution is -0.139. The summed E-state index contributed by atoms with van der Waals surface area (Å²) < 4.78 is 37.0. The molecule has 1 atom stereocenters. The zero-order chi connectivity index (χ0) is 25.3. The Bertz CT molecular complexity index is 1080. The van der Waals surface area contributed by atoms with Crippen molar-refractivity contribution in [2.45, 2.75) is 32.9 Å². The topological polar surface area (TPSA) is 105 Å². The van der Waals surface area contributed by atoms with Crippen LogP contribution in [0.25, 0.3) is 0 Å². The summed E-state index contributed by atoms with van der Waals surface area (Å²) >= 11 is 0. The van der Waals surface area contributed by atoms with Gasteiger partial charge < -0.3 is 19.7 Å². The molecule has 0 aliphatic carbocycles. The Hall–Kier alpha value is -3.27. The molecule has 2 aromatic rings. The Kier molecular flexibility index (Phi) is 9.73. The maximum Gasteiger partial charge on any atom is 0.244 e. The number of nitrogens with one attached hydrogen (secondary N) is 1. The lowest BCUT2D eigenvalue weighted by Crippen LogP contribution is -2.51. The van der Waals surface area contributed by atoms with Crippen LogP contribution >= 0.6 is 0 Å². The zero-order valence-corrected chi connectivity index (χ0v) is 21.1. The molecule has 9 nitrogen and oxygen atoms in total. The van der Waals surface area contributed by atoms with Crippen LogP contribution in [0.2, 0.25) is 0 Å². The Labute approximate surface area is 201 Å². The highest BCUT2D eigenvalue weighted by atomic mass is 32.2. The monoisotopic (exact) mass is 491 g/mol. The molecule has 2 aromatic carbocycles. The van der Waals surface area contributed by atoms with Crippen LogP contribution in [0.5, 0.6) is 11.5 Å². The van der Waals surface area contributed by atoms with Gasteiger partial charge in [-0.05, 0) is 31.0 Å². The number of methoxy groups -OCH3 is 2. The van der Waals surface area contributed by atoms with E-state index in [1.54, 1.807) is 19.1 Å². The minimum Gasteiger partial charge on any atom is -0.497 e. The lowest BCUT2D eigenvalue weighted by Gasteiger charge is -2.32. The number of nitrogens with zero attached hydrogens (tertiary/aromatic N) is 2. The number of anilines is 1. The van der Waals surface area contributed by atoms with Gasteiger partial charge in [0.1, 0.15) is 24.1 Å². The average Bonchev–Trinajstić information content (AvgIpc) is 2.83. The predicted octanol–water partition coefficient (Wildman–Crippen LogP) is 2.41. The highest BCUT2D eigenvalue weighted by molar-refractivity contribution is 7.92. The van der Waals surface area contributed by atoms with Crippen LogP contribution < -0.4 is 19.1 Å². The minimum absolute atomic E-state index is 0.146. The fourth-order valence-electron chi connectivity index (χ4n) is 3.35. The van der Waals surface area contributed by atoms with Gasteiger partial charge in [-0.1, -0.05) is 37.3 Å². The van der Waals surface area contributed by atoms with Gasteiger partial charge in [-0.25, -0.2) is 8.42 Å². The van der Waals surface area contributed by atoms with E-state index in [4.69, 9.17) is 9.47 Å². The van der Waals surface area contributed by atoms with Crippen molar-refractivity contribution >= 4 is 27.5 Å². The van der Waals surface area contributed by atoms with Crippen LogP contribution in [0.3, 0.4) is 0 Å². The van der Waals surface area contributed by atoms with E-state index in [0.717, 1.165) is 22.5 Å². The molecule has 10 heteroatoms. The minimum atomic E-state index is -3.89. The van der Waals surface area contributed by atoms with E-state index in [-0.39, 0.29) is 23.9 Å². The summed E-state index contributed by atoms with van der Waals surface area (Å²) in [6, 6.07) is 13.1. The van der Waals surface area contributed by atoms with Crippen molar-refractivity contribution in [1.82, 2.24) is 10.2 Å². The SMILES string of the molecule is CCCNC(=O)C(C)N(Cc1ccccc1)C(=O)CN(c1cc(OC)ccc1OC)S(C)(=O)=O. The fraction of sp³-hybridized carbons (Fsp3) is 0.417. The van der Waals surface area contributed by atoms with E-state index in [2.05, 4.69) is 5.32 Å². The summed E-state index contributed by atoms with van der Waals surface area (Å²) in [5.41, 5.74) is 0.983. The second-order valence-electron chi connectivity index (χ2n) is 7.78. The highest BCUT2D eigenvalue weighted by Gasteiger charge is 2.31. The van der Waals surface area contributed by atoms with Crippen LogP contribution in [0.1, 0.15) is 25.8 Å². The maximum atomic E-state index is 13.5. The molecule has 0 aromatic heterocycles. The summed E-state index contributed by atoms with van der Waals surface area (Å²) in [4.78, 5) is 27.6. The molecule has 0 aliphatic rings. The number of hydrogen-bond donors (Lipinski definition) is 1. The normalized spacial score (nSPS) is 11.9. The van der Waals surface area contributed by atoms with Gasteiger partial charge in [0.15, 0.2) is 0 Å². The van der Waals surface area contributed by atoms with Crippen molar-refractivity contribution < 1.29 is 27.5 Å². The number of rotatable bonds is 12. The molecule has 0 spiro atoms. The summed E-state index contributed by atoms with van der Waals surface area (Å²) in [5, 5.41) is 2.80. The van der Waals surface area contributed by atoms with Crippen molar-refractivity contribution in [3.8, 4) is 11.5 Å². The summed E-state index contributed by atoms with van der Waals surface area (Å²) in [7, 11) is -1.02. The first kappa shape index (κ1) is 27.0. The molecule has 0 saturated carbocycles. The zero-order valence-electron chi connectivity index (χ0n) is 20.3. The third-order valence-electron chi connectivity index (χ3n) is 5.25. The van der Waals surface area contributed by atoms with E-state index in [9.17, 15) is 18.0 Å². The van der Waals surface area contributed by atoms with Gasteiger partial charge in [0.05, 0.1) is 26.2 Å². The molecule has 1 N–H and O–H groups in total. The number of carbonyl (C=O) groups is 2. The number of amides is 2. The molecule has 0 heterocycles. The van der Waals surface area contributed by atoms with Gasteiger partial charge in [-0.15, -0.1) is 0 Å². The van der Waals surface area contributed by atoms with Crippen LogP contribution in [0.4, 0.5) is 5.69 Å². The standard InChI is InChI=1S/C24H33N3O6S/c1-6-14-25-24(29)18(2)26(16-19-10-8-7-9-11-19)23(28)17-27(34(5,30)31)21-15-20(32-3)12-13-22(21)33-4/h7-13,15,18H,6,14,16-17H2,1-5H3,(H,25,29). The smallest absolute Gasteiger partial charge is 0.244 e. The number of carbonyl (C=O) groups excluding carboxylic acids is 2. The quantitative estimate of drug-likeness (QED) is 0.489. The third-order valence-corrected chi connectivity index (χ3v) is 6.37. The molecule has 0 aliphatic heterocycles. The van der Waals surface area contributed by atoms with Crippen molar-refractivity contribution in [3.63, 3.8) is 0 Å². The summed E-state index contributed by atoms with van der Waals surface area (Å²) in [6.45, 7) is 3.67. The fourth-order valence-corrected chi connectivity index (χ4v) is 4.19. The van der Waals surface area contributed by atoms with E-state index >= 15 is 0 Å². The molecule has 186 valence electrons. The van der Waals surface area contributed by atoms with Crippen LogP contribution in [-0.4, -0.2) is 64.7 Å². The average molecular weight is 492 g/mol. The number of hydrogen-bond acceptors (Lipinski definition) is 6. The number of benzene rings is 2. The molecule has 0 bridgehead atoms. The Balaban J connectivity index is 2.44. The van der Waals surface area contributed by atoms with Crippen molar-refractivity contribution in [2.24, 2.45) is 0 Å². The van der Waals surface area contributed by atoms with Crippen molar-refractivity contribution in [1.29, 1.82) is 0 Å². The molecule has 2 amide bonds. The molecule has 2 rings (SSSR count). The van der Waals surface area contributed by atoms with Gasteiger partial charge >= 0.3 is 0 Å². The van der Waals surface area contributed by atoms with Crippen LogP contribution in [0, 0.1) is 0 Å². The first-order valence-corrected chi connectivity index (χ1v) is 12.8. The van der Waals surface area contributed by atoms with E-state index in [1.807, 2.05) is 37.3 Å². The van der Waals surface area contributed by atoms with Gasteiger partial charge in [0.25, 0.3) is 0 Å². The Morgan fingerprint density at radius 3 is 2.29 bits per heavy atom. The van der Waals surface area contributed by atoms with Crippen molar-refractivity contribution in [3.05, 3.63) is 54.1 Å². The number of sulfonamides is 1. The summed E-state index contributed by atoms with van der Waals surface area (Å²) in [6.07, 6.45) is 1.76. The van der Waals surface area contributed by atoms with Crippen molar-refractivity contribution in [2.75, 3.05) is 37.9 Å². The van der Waals surface area contributed by atoms with E-state index in [0.29, 0.717) is 12.3 Å². The molecule has 0 radical (unpaired) electrons. The molecule has 0 fully saturated rings. The van der Waals surface area contributed by atoms with Crippen LogP contribution in [0.15, 0.2) is 48.5 Å². The van der Waals surface area contributed by atoms with Crippen LogP contribution in [-0.2, 0) is 26.2 Å². The van der Waals surface area contributed by atoms with Gasteiger partial charge in [-0.2, -0.15) is 0 Å². The summed E-state index contributed by atoms with van der Waals surface area (Å²) in [5.74, 6) is -0.165. The Morgan fingerprint density at radius 1 is 1.06 bits per heavy atom. The van der Waals surface area contributed by atoms with Gasteiger partial charge in [0, 0.05) is 19.2 Å². The first-order chi connectivity index (χ1) is 16.1. The molecular weight excluding hydrogens is 458 g/mol. The van der Waals surface area contributed by atoms with Gasteiger partial charge in [-0.3, -0.25) is 13.9 Å². The molecule has 1 unspecified atom stereocenters. The predicted molar refractivity (Wildman–Crippen MR) is 131 cm³/mol. The molecular formula is C24H33N3O6S. The third kappa shape index (κ3) is 7.11. The second kappa shape index (κ2) is 12.3. The largest absolute Gasteiger partial charge is 0.497 e. The second-order valence-corrected chi connectivity index (χ2v) is 9.69. The molecule has 34 heavy (non-hydrogen) atoms. The number of ether oxygens (including phenoxy) is 2. The first-order valence-electron chi connectivity index (χ1n) is 10.9. The highest BCUT2D eigenvalue weighted by Crippen LogP contribution is 2.33. The van der Waals surface area contributed by atoms with E-state index < -0.39 is 28.5 Å².